The van der Waals surface area contributed by atoms with Crippen LogP contribution >= 0.6 is 34.3 Å². The number of thiophene rings is 1. The second-order valence-corrected chi connectivity index (χ2v) is 13.6. The van der Waals surface area contributed by atoms with E-state index in [0.29, 0.717) is 29.4 Å². The summed E-state index contributed by atoms with van der Waals surface area (Å²) in [7, 11) is -1.52. The number of thiazole rings is 1. The van der Waals surface area contributed by atoms with Crippen LogP contribution in [0.25, 0.3) is 10.2 Å². The number of benzene rings is 1. The molecule has 0 bridgehead atoms. The zero-order chi connectivity index (χ0) is 23.9. The van der Waals surface area contributed by atoms with Crippen molar-refractivity contribution in [2.75, 3.05) is 56.5 Å². The minimum Gasteiger partial charge on any atom is -0.345 e. The summed E-state index contributed by atoms with van der Waals surface area (Å²) in [4.78, 5) is 22.4. The maximum absolute atomic E-state index is 13.0. The number of anilines is 2. The van der Waals surface area contributed by atoms with E-state index in [9.17, 15) is 13.2 Å². The molecule has 0 spiro atoms. The summed E-state index contributed by atoms with van der Waals surface area (Å²) >= 11 is 8.60. The SMILES string of the molecule is CN1CCN(c2nc3ccc(NC(=O)C4CCCN(S(=O)(=O)c5ccc(Cl)s5)C4)cc3s2)CC1. The Morgan fingerprint density at radius 2 is 1.91 bits per heavy atom. The van der Waals surface area contributed by atoms with Crippen LogP contribution in [-0.2, 0) is 14.8 Å². The van der Waals surface area contributed by atoms with Gasteiger partial charge >= 0.3 is 0 Å². The number of piperazine rings is 1. The van der Waals surface area contributed by atoms with E-state index in [1.165, 1.54) is 10.4 Å². The average Bonchev–Trinajstić information content (AvgIpc) is 3.46. The molecule has 8 nitrogen and oxygen atoms in total. The van der Waals surface area contributed by atoms with Gasteiger partial charge in [-0.2, -0.15) is 4.31 Å². The van der Waals surface area contributed by atoms with Crippen molar-refractivity contribution in [3.8, 4) is 0 Å². The standard InChI is InChI=1S/C22H26ClN5O3S3/c1-26-9-11-27(12-10-26)22-25-17-5-4-16(13-18(17)32-22)24-21(29)15-3-2-8-28(14-15)34(30,31)20-7-6-19(23)33-20/h4-7,13,15H,2-3,8-12,14H2,1H3,(H,24,29). The Morgan fingerprint density at radius 1 is 1.12 bits per heavy atom. The van der Waals surface area contributed by atoms with Gasteiger partial charge in [0.1, 0.15) is 4.21 Å². The first-order chi connectivity index (χ1) is 16.3. The molecule has 2 aliphatic heterocycles. The third kappa shape index (κ3) is 4.95. The first-order valence-corrected chi connectivity index (χ1v) is 14.6. The molecule has 3 aromatic rings. The van der Waals surface area contributed by atoms with E-state index in [1.54, 1.807) is 17.4 Å². The number of aromatic nitrogens is 1. The molecule has 1 aromatic carbocycles. The summed E-state index contributed by atoms with van der Waals surface area (Å²) in [6, 6.07) is 8.85. The molecule has 182 valence electrons. The Labute approximate surface area is 212 Å². The Kier molecular flexibility index (Phi) is 6.84. The number of likely N-dealkylation sites (N-methyl/N-ethyl adjacent to an activating group) is 1. The predicted molar refractivity (Wildman–Crippen MR) is 139 cm³/mol. The Hall–Kier alpha value is -1.76. The smallest absolute Gasteiger partial charge is 0.252 e. The van der Waals surface area contributed by atoms with Crippen LogP contribution in [-0.4, -0.2) is 74.8 Å². The van der Waals surface area contributed by atoms with Gasteiger partial charge in [-0.15, -0.1) is 11.3 Å². The zero-order valence-corrected chi connectivity index (χ0v) is 21.9. The number of nitrogens with one attached hydrogen (secondary N) is 1. The van der Waals surface area contributed by atoms with Gasteiger partial charge < -0.3 is 15.1 Å². The monoisotopic (exact) mass is 539 g/mol. The van der Waals surface area contributed by atoms with E-state index in [-0.39, 0.29) is 16.7 Å². The van der Waals surface area contributed by atoms with Gasteiger partial charge in [0, 0.05) is 45.0 Å². The number of carbonyl (C=O) groups excluding carboxylic acids is 1. The van der Waals surface area contributed by atoms with Crippen molar-refractivity contribution < 1.29 is 13.2 Å². The molecule has 0 radical (unpaired) electrons. The van der Waals surface area contributed by atoms with Gasteiger partial charge in [-0.3, -0.25) is 4.79 Å². The lowest BCUT2D eigenvalue weighted by molar-refractivity contribution is -0.120. The van der Waals surface area contributed by atoms with Gasteiger partial charge in [-0.05, 0) is 50.2 Å². The molecule has 1 atom stereocenters. The van der Waals surface area contributed by atoms with Gasteiger partial charge in [-0.1, -0.05) is 22.9 Å². The molecule has 0 aliphatic carbocycles. The number of piperidine rings is 1. The number of halogens is 1. The molecule has 2 aliphatic rings. The van der Waals surface area contributed by atoms with E-state index in [1.807, 2.05) is 18.2 Å². The molecule has 1 amide bonds. The normalized spacial score (nSPS) is 20.6. The maximum atomic E-state index is 13.0. The number of nitrogens with zero attached hydrogens (tertiary/aromatic N) is 4. The highest BCUT2D eigenvalue weighted by Gasteiger charge is 2.34. The van der Waals surface area contributed by atoms with Crippen molar-refractivity contribution in [1.82, 2.24) is 14.2 Å². The lowest BCUT2D eigenvalue weighted by atomic mass is 9.99. The molecular weight excluding hydrogens is 514 g/mol. The molecule has 12 heteroatoms. The van der Waals surface area contributed by atoms with Crippen LogP contribution in [0, 0.1) is 5.92 Å². The Balaban J connectivity index is 1.26. The summed E-state index contributed by atoms with van der Waals surface area (Å²) in [6.45, 7) is 4.52. The van der Waals surface area contributed by atoms with Crippen LogP contribution < -0.4 is 10.2 Å². The van der Waals surface area contributed by atoms with Gasteiger partial charge in [0.25, 0.3) is 10.0 Å². The van der Waals surface area contributed by atoms with Crippen molar-refractivity contribution in [3.05, 3.63) is 34.7 Å². The van der Waals surface area contributed by atoms with Crippen molar-refractivity contribution in [2.24, 2.45) is 5.92 Å². The van der Waals surface area contributed by atoms with Crippen LogP contribution in [0.3, 0.4) is 0 Å². The Bertz CT molecular complexity index is 1300. The van der Waals surface area contributed by atoms with E-state index in [0.717, 1.165) is 52.9 Å². The Morgan fingerprint density at radius 3 is 2.65 bits per heavy atom. The summed E-state index contributed by atoms with van der Waals surface area (Å²) in [5.41, 5.74) is 1.62. The molecule has 1 N–H and O–H groups in total. The number of hydrogen-bond donors (Lipinski definition) is 1. The third-order valence-corrected chi connectivity index (χ3v) is 11.0. The fraction of sp³-hybridized carbons (Fsp3) is 0.455. The van der Waals surface area contributed by atoms with Crippen molar-refractivity contribution in [1.29, 1.82) is 0 Å². The second kappa shape index (κ2) is 9.71. The number of amides is 1. The second-order valence-electron chi connectivity index (χ2n) is 8.72. The van der Waals surface area contributed by atoms with Crippen molar-refractivity contribution in [3.63, 3.8) is 0 Å². The lowest BCUT2D eigenvalue weighted by Gasteiger charge is -2.32. The van der Waals surface area contributed by atoms with Crippen molar-refractivity contribution >= 4 is 71.2 Å². The fourth-order valence-electron chi connectivity index (χ4n) is 4.31. The molecular formula is C22H26ClN5O3S3. The number of carbonyl (C=O) groups is 1. The molecule has 2 fully saturated rings. The summed E-state index contributed by atoms with van der Waals surface area (Å²) in [5, 5.41) is 4.00. The molecule has 2 aromatic heterocycles. The van der Waals surface area contributed by atoms with Crippen LogP contribution in [0.4, 0.5) is 10.8 Å². The van der Waals surface area contributed by atoms with Crippen molar-refractivity contribution in [2.45, 2.75) is 17.1 Å². The van der Waals surface area contributed by atoms with E-state index in [4.69, 9.17) is 16.6 Å². The molecule has 1 unspecified atom stereocenters. The summed E-state index contributed by atoms with van der Waals surface area (Å²) in [5.74, 6) is -0.565. The van der Waals surface area contributed by atoms with Crippen LogP contribution in [0.1, 0.15) is 12.8 Å². The van der Waals surface area contributed by atoms with Gasteiger partial charge in [0.05, 0.1) is 20.5 Å². The van der Waals surface area contributed by atoms with E-state index in [2.05, 4.69) is 22.2 Å². The molecule has 0 saturated carbocycles. The number of hydrogen-bond acceptors (Lipinski definition) is 8. The predicted octanol–water partition coefficient (Wildman–Crippen LogP) is 3.80. The zero-order valence-electron chi connectivity index (χ0n) is 18.7. The quantitative estimate of drug-likeness (QED) is 0.531. The van der Waals surface area contributed by atoms with E-state index < -0.39 is 15.9 Å². The largest absolute Gasteiger partial charge is 0.345 e. The number of fused-ring (bicyclic) bond motifs is 1. The third-order valence-electron chi connectivity index (χ3n) is 6.32. The summed E-state index contributed by atoms with van der Waals surface area (Å²) < 4.78 is 29.0. The minimum absolute atomic E-state index is 0.160. The maximum Gasteiger partial charge on any atom is 0.252 e. The molecule has 2 saturated heterocycles. The molecule has 4 heterocycles. The van der Waals surface area contributed by atoms with Gasteiger partial charge in [0.2, 0.25) is 5.91 Å². The van der Waals surface area contributed by atoms with Crippen LogP contribution in [0.5, 0.6) is 0 Å². The van der Waals surface area contributed by atoms with Crippen LogP contribution in [0.2, 0.25) is 4.34 Å². The van der Waals surface area contributed by atoms with Gasteiger partial charge in [0.15, 0.2) is 5.13 Å². The van der Waals surface area contributed by atoms with Crippen LogP contribution in [0.15, 0.2) is 34.5 Å². The van der Waals surface area contributed by atoms with E-state index >= 15 is 0 Å². The average molecular weight is 540 g/mol. The highest BCUT2D eigenvalue weighted by molar-refractivity contribution is 7.91. The topological polar surface area (TPSA) is 85.8 Å². The summed E-state index contributed by atoms with van der Waals surface area (Å²) in [6.07, 6.45) is 1.29. The fourth-order valence-corrected chi connectivity index (χ4v) is 8.52. The lowest BCUT2D eigenvalue weighted by Crippen LogP contribution is -2.44. The number of rotatable bonds is 5. The first-order valence-electron chi connectivity index (χ1n) is 11.2. The van der Waals surface area contributed by atoms with Gasteiger partial charge in [-0.25, -0.2) is 13.4 Å². The number of sulfonamides is 1. The molecule has 34 heavy (non-hydrogen) atoms. The minimum atomic E-state index is -3.65. The first kappa shape index (κ1) is 24.0. The highest BCUT2D eigenvalue weighted by Crippen LogP contribution is 2.33. The highest BCUT2D eigenvalue weighted by atomic mass is 35.5. The molecule has 5 rings (SSSR count).